The van der Waals surface area contributed by atoms with Gasteiger partial charge in [-0.25, -0.2) is 9.98 Å². The third-order valence-corrected chi connectivity index (χ3v) is 5.43. The maximum Gasteiger partial charge on any atom is 0.226 e. The molecule has 1 aliphatic carbocycles. The lowest BCUT2D eigenvalue weighted by Gasteiger charge is -2.20. The monoisotopic (exact) mass is 393 g/mol. The summed E-state index contributed by atoms with van der Waals surface area (Å²) in [6, 6.07) is 12.9. The molecule has 0 atom stereocenters. The third kappa shape index (κ3) is 2.74. The number of hydrogen-bond acceptors (Lipinski definition) is 5. The molecule has 4 rings (SSSR count). The van der Waals surface area contributed by atoms with Crippen LogP contribution in [0.15, 0.2) is 58.1 Å². The van der Waals surface area contributed by atoms with Crippen LogP contribution in [0.2, 0.25) is 5.02 Å². The number of nitrogens with zero attached hydrogens (tertiary/aromatic N) is 3. The molecule has 0 saturated carbocycles. The standard InChI is InChI=1S/C22H20ClN3O2/c1-4-26(5-2)22-24-19-13-9-6-7-10-14(13)21(27)17(20(19)25-22)15-11-8-12-16(28-3)18(15)23/h6-12H,4-5H2,1-3H3. The summed E-state index contributed by atoms with van der Waals surface area (Å²) in [6.45, 7) is 5.68. The molecule has 0 N–H and O–H groups in total. The van der Waals surface area contributed by atoms with Crippen LogP contribution < -0.4 is 4.74 Å². The highest BCUT2D eigenvalue weighted by molar-refractivity contribution is 6.45. The van der Waals surface area contributed by atoms with Crippen molar-refractivity contribution in [1.29, 1.82) is 0 Å². The van der Waals surface area contributed by atoms with E-state index in [1.165, 1.54) is 0 Å². The quantitative estimate of drug-likeness (QED) is 0.770. The fourth-order valence-corrected chi connectivity index (χ4v) is 3.88. The summed E-state index contributed by atoms with van der Waals surface area (Å²) in [6.07, 6.45) is 0. The van der Waals surface area contributed by atoms with Crippen LogP contribution in [0.3, 0.4) is 0 Å². The SMILES string of the molecule is CCN(CC)C1=NC2=C(c3cccc(OC)c3Cl)C(=O)c3ccccc3C2=N1. The van der Waals surface area contributed by atoms with Crippen LogP contribution in [0.1, 0.15) is 35.3 Å². The Morgan fingerprint density at radius 2 is 1.64 bits per heavy atom. The number of carbonyl (C=O) groups is 1. The van der Waals surface area contributed by atoms with E-state index in [2.05, 4.69) is 18.7 Å². The van der Waals surface area contributed by atoms with Gasteiger partial charge in [0, 0.05) is 29.8 Å². The average molecular weight is 394 g/mol. The molecular weight excluding hydrogens is 374 g/mol. The molecule has 0 spiro atoms. The summed E-state index contributed by atoms with van der Waals surface area (Å²) in [4.78, 5) is 25.0. The van der Waals surface area contributed by atoms with Gasteiger partial charge < -0.3 is 9.64 Å². The predicted octanol–water partition coefficient (Wildman–Crippen LogP) is 4.46. The zero-order chi connectivity index (χ0) is 19.8. The largest absolute Gasteiger partial charge is 0.495 e. The second-order valence-electron chi connectivity index (χ2n) is 6.46. The number of methoxy groups -OCH3 is 1. The Balaban J connectivity index is 2.00. The molecule has 5 nitrogen and oxygen atoms in total. The van der Waals surface area contributed by atoms with Gasteiger partial charge in [-0.05, 0) is 19.9 Å². The van der Waals surface area contributed by atoms with Crippen molar-refractivity contribution in [3.63, 3.8) is 0 Å². The maximum absolute atomic E-state index is 13.4. The summed E-state index contributed by atoms with van der Waals surface area (Å²) < 4.78 is 5.35. The summed E-state index contributed by atoms with van der Waals surface area (Å²) >= 11 is 6.57. The van der Waals surface area contributed by atoms with Gasteiger partial charge in [-0.1, -0.05) is 48.0 Å². The molecule has 0 unspecified atom stereocenters. The number of ketones is 1. The molecule has 2 aliphatic rings. The minimum atomic E-state index is -0.107. The van der Waals surface area contributed by atoms with Crippen LogP contribution in [0, 0.1) is 0 Å². The number of fused-ring (bicyclic) bond motifs is 3. The number of Topliss-reactive ketones (excluding diaryl/α,β-unsaturated/α-hetero) is 1. The number of hydrogen-bond donors (Lipinski definition) is 0. The number of ether oxygens (including phenoxy) is 1. The van der Waals surface area contributed by atoms with E-state index >= 15 is 0 Å². The summed E-state index contributed by atoms with van der Waals surface area (Å²) in [5, 5.41) is 0.395. The van der Waals surface area contributed by atoms with Crippen LogP contribution in [0.5, 0.6) is 5.75 Å². The molecule has 142 valence electrons. The topological polar surface area (TPSA) is 54.3 Å². The Morgan fingerprint density at radius 3 is 2.32 bits per heavy atom. The van der Waals surface area contributed by atoms with E-state index in [1.807, 2.05) is 36.4 Å². The summed E-state index contributed by atoms with van der Waals surface area (Å²) in [5.74, 6) is 1.03. The van der Waals surface area contributed by atoms with E-state index in [1.54, 1.807) is 13.2 Å². The zero-order valence-electron chi connectivity index (χ0n) is 16.0. The minimum Gasteiger partial charge on any atom is -0.495 e. The average Bonchev–Trinajstić information content (AvgIpc) is 3.15. The van der Waals surface area contributed by atoms with Gasteiger partial charge in [0.1, 0.15) is 17.2 Å². The molecule has 0 aromatic heterocycles. The fraction of sp³-hybridized carbons (Fsp3) is 0.227. The van der Waals surface area contributed by atoms with E-state index in [9.17, 15) is 4.79 Å². The number of guanidine groups is 1. The van der Waals surface area contributed by atoms with Crippen LogP contribution in [-0.4, -0.2) is 42.6 Å². The second kappa shape index (κ2) is 7.24. The number of benzene rings is 2. The Hall–Kier alpha value is -2.92. The molecular formula is C22H20ClN3O2. The van der Waals surface area contributed by atoms with Crippen molar-refractivity contribution in [2.45, 2.75) is 13.8 Å². The van der Waals surface area contributed by atoms with Crippen LogP contribution in [-0.2, 0) is 0 Å². The Kier molecular flexibility index (Phi) is 4.77. The van der Waals surface area contributed by atoms with Crippen LogP contribution in [0.25, 0.3) is 5.57 Å². The minimum absolute atomic E-state index is 0.107. The second-order valence-corrected chi connectivity index (χ2v) is 6.84. The van der Waals surface area contributed by atoms with Crippen molar-refractivity contribution < 1.29 is 9.53 Å². The van der Waals surface area contributed by atoms with Crippen LogP contribution >= 0.6 is 11.6 Å². The van der Waals surface area contributed by atoms with Gasteiger partial charge in [-0.3, -0.25) is 4.79 Å². The molecule has 1 aliphatic heterocycles. The van der Waals surface area contributed by atoms with Crippen molar-refractivity contribution in [3.8, 4) is 5.75 Å². The van der Waals surface area contributed by atoms with Crippen molar-refractivity contribution in [2.75, 3.05) is 20.2 Å². The summed E-state index contributed by atoms with van der Waals surface area (Å²) in [5.41, 5.74) is 3.76. The highest BCUT2D eigenvalue weighted by Crippen LogP contribution is 2.40. The number of aliphatic imine (C=N–C) groups is 2. The molecule has 28 heavy (non-hydrogen) atoms. The van der Waals surface area contributed by atoms with Gasteiger partial charge in [-0.15, -0.1) is 0 Å². The highest BCUT2D eigenvalue weighted by atomic mass is 35.5. The van der Waals surface area contributed by atoms with Crippen molar-refractivity contribution >= 4 is 34.6 Å². The number of allylic oxidation sites excluding steroid dienone is 2. The van der Waals surface area contributed by atoms with Crippen molar-refractivity contribution in [1.82, 2.24) is 4.90 Å². The zero-order valence-corrected chi connectivity index (χ0v) is 16.7. The Bertz CT molecular complexity index is 1070. The van der Waals surface area contributed by atoms with Crippen molar-refractivity contribution in [3.05, 3.63) is 69.9 Å². The lowest BCUT2D eigenvalue weighted by Crippen LogP contribution is -2.28. The molecule has 0 bridgehead atoms. The molecule has 2 aromatic carbocycles. The van der Waals surface area contributed by atoms with E-state index in [-0.39, 0.29) is 5.78 Å². The molecule has 6 heteroatoms. The van der Waals surface area contributed by atoms with E-state index < -0.39 is 0 Å². The van der Waals surface area contributed by atoms with E-state index in [4.69, 9.17) is 26.3 Å². The first-order valence-electron chi connectivity index (χ1n) is 9.24. The van der Waals surface area contributed by atoms with Crippen molar-refractivity contribution in [2.24, 2.45) is 9.98 Å². The molecule has 0 radical (unpaired) electrons. The molecule has 1 heterocycles. The molecule has 0 fully saturated rings. The fourth-order valence-electron chi connectivity index (χ4n) is 3.58. The van der Waals surface area contributed by atoms with E-state index in [0.29, 0.717) is 44.8 Å². The number of halogens is 1. The summed E-state index contributed by atoms with van der Waals surface area (Å²) in [7, 11) is 1.56. The van der Waals surface area contributed by atoms with Gasteiger partial charge in [0.15, 0.2) is 5.78 Å². The molecule has 2 aromatic rings. The predicted molar refractivity (Wildman–Crippen MR) is 113 cm³/mol. The number of carbonyl (C=O) groups excluding carboxylic acids is 1. The van der Waals surface area contributed by atoms with E-state index in [0.717, 1.165) is 18.7 Å². The van der Waals surface area contributed by atoms with Gasteiger partial charge in [0.05, 0.1) is 17.7 Å². The van der Waals surface area contributed by atoms with Gasteiger partial charge in [-0.2, -0.15) is 0 Å². The Morgan fingerprint density at radius 1 is 0.964 bits per heavy atom. The third-order valence-electron chi connectivity index (χ3n) is 5.04. The Labute approximate surface area is 169 Å². The molecule has 0 amide bonds. The first kappa shape index (κ1) is 18.4. The van der Waals surface area contributed by atoms with Crippen LogP contribution in [0.4, 0.5) is 0 Å². The lowest BCUT2D eigenvalue weighted by atomic mass is 9.84. The van der Waals surface area contributed by atoms with Gasteiger partial charge in [0.2, 0.25) is 5.96 Å². The first-order chi connectivity index (χ1) is 13.6. The van der Waals surface area contributed by atoms with Gasteiger partial charge >= 0.3 is 0 Å². The lowest BCUT2D eigenvalue weighted by molar-refractivity contribution is 0.105. The number of rotatable bonds is 4. The first-order valence-corrected chi connectivity index (χ1v) is 9.62. The normalized spacial score (nSPS) is 15.1. The highest BCUT2D eigenvalue weighted by Gasteiger charge is 2.36. The molecule has 0 saturated heterocycles. The smallest absolute Gasteiger partial charge is 0.226 e. The van der Waals surface area contributed by atoms with Gasteiger partial charge in [0.25, 0.3) is 0 Å². The maximum atomic E-state index is 13.4.